The number of aromatic nitrogens is 1. The average molecular weight is 345 g/mol. The third kappa shape index (κ3) is 3.73. The normalized spacial score (nSPS) is 12.4. The summed E-state index contributed by atoms with van der Waals surface area (Å²) in [5, 5.41) is 0.513. The Kier molecular flexibility index (Phi) is 4.87. The first-order chi connectivity index (χ1) is 9.10. The van der Waals surface area contributed by atoms with E-state index < -0.39 is 0 Å². The molecule has 2 aromatic rings. The lowest BCUT2D eigenvalue weighted by atomic mass is 10.0. The highest BCUT2D eigenvalue weighted by Crippen LogP contribution is 2.23. The van der Waals surface area contributed by atoms with Crippen LogP contribution in [0, 0.1) is 5.82 Å². The van der Waals surface area contributed by atoms with Crippen LogP contribution < -0.4 is 11.3 Å². The second-order valence-electron chi connectivity index (χ2n) is 4.06. The van der Waals surface area contributed by atoms with Gasteiger partial charge in [0.1, 0.15) is 5.82 Å². The molecule has 0 bridgehead atoms. The highest BCUT2D eigenvalue weighted by Gasteiger charge is 2.14. The molecule has 6 heteroatoms. The summed E-state index contributed by atoms with van der Waals surface area (Å²) in [6.07, 6.45) is 2.15. The van der Waals surface area contributed by atoms with Crippen LogP contribution in [0.4, 0.5) is 4.39 Å². The first-order valence-corrected chi connectivity index (χ1v) is 6.78. The molecule has 0 aliphatic rings. The van der Waals surface area contributed by atoms with Gasteiger partial charge in [0.15, 0.2) is 0 Å². The van der Waals surface area contributed by atoms with Gasteiger partial charge in [-0.25, -0.2) is 4.39 Å². The smallest absolute Gasteiger partial charge is 0.123 e. The number of hydrogen-bond acceptors (Lipinski definition) is 3. The van der Waals surface area contributed by atoms with E-state index in [9.17, 15) is 4.39 Å². The molecule has 1 aromatic carbocycles. The summed E-state index contributed by atoms with van der Waals surface area (Å²) in [4.78, 5) is 4.27. The van der Waals surface area contributed by atoms with Crippen molar-refractivity contribution in [2.45, 2.75) is 12.5 Å². The van der Waals surface area contributed by atoms with Crippen LogP contribution in [0.25, 0.3) is 0 Å². The monoisotopic (exact) mass is 343 g/mol. The summed E-state index contributed by atoms with van der Waals surface area (Å²) >= 11 is 9.37. The molecule has 2 rings (SSSR count). The molecule has 0 amide bonds. The third-order valence-corrected chi connectivity index (χ3v) is 3.58. The van der Waals surface area contributed by atoms with Gasteiger partial charge in [-0.05, 0) is 58.2 Å². The van der Waals surface area contributed by atoms with Gasteiger partial charge in [-0.3, -0.25) is 16.3 Å². The number of nitrogens with zero attached hydrogens (tertiary/aromatic N) is 1. The summed E-state index contributed by atoms with van der Waals surface area (Å²) in [6.45, 7) is 0. The van der Waals surface area contributed by atoms with Crippen molar-refractivity contribution < 1.29 is 4.39 Å². The largest absolute Gasteiger partial charge is 0.271 e. The van der Waals surface area contributed by atoms with Gasteiger partial charge in [-0.1, -0.05) is 11.6 Å². The molecule has 19 heavy (non-hydrogen) atoms. The predicted octanol–water partition coefficient (Wildman–Crippen LogP) is 3.38. The number of hydrazine groups is 1. The molecule has 0 aliphatic carbocycles. The standard InChI is InChI=1S/C13H12BrClFN3/c14-9-1-4-12(18-7-9)13(19-17)6-8-5-10(16)2-3-11(8)15/h1-5,7,13,19H,6,17H2. The lowest BCUT2D eigenvalue weighted by molar-refractivity contribution is 0.535. The molecule has 1 heterocycles. The molecule has 0 spiro atoms. The van der Waals surface area contributed by atoms with E-state index in [1.807, 2.05) is 12.1 Å². The maximum absolute atomic E-state index is 13.2. The van der Waals surface area contributed by atoms with Crippen LogP contribution >= 0.6 is 27.5 Å². The lowest BCUT2D eigenvalue weighted by Crippen LogP contribution is -2.30. The van der Waals surface area contributed by atoms with Crippen LogP contribution in [0.15, 0.2) is 41.0 Å². The number of pyridine rings is 1. The van der Waals surface area contributed by atoms with E-state index in [-0.39, 0.29) is 11.9 Å². The average Bonchev–Trinajstić information content (AvgIpc) is 2.41. The van der Waals surface area contributed by atoms with Crippen molar-refractivity contribution in [3.63, 3.8) is 0 Å². The number of benzene rings is 1. The second-order valence-corrected chi connectivity index (χ2v) is 5.38. The molecule has 0 aliphatic heterocycles. The summed E-state index contributed by atoms with van der Waals surface area (Å²) in [7, 11) is 0. The van der Waals surface area contributed by atoms with Crippen molar-refractivity contribution in [3.8, 4) is 0 Å². The van der Waals surface area contributed by atoms with Gasteiger partial charge < -0.3 is 0 Å². The maximum Gasteiger partial charge on any atom is 0.123 e. The van der Waals surface area contributed by atoms with Gasteiger partial charge in [-0.2, -0.15) is 0 Å². The van der Waals surface area contributed by atoms with Crippen molar-refractivity contribution in [2.24, 2.45) is 5.84 Å². The Labute approximate surface area is 124 Å². The Hall–Kier alpha value is -1.01. The van der Waals surface area contributed by atoms with Gasteiger partial charge in [-0.15, -0.1) is 0 Å². The van der Waals surface area contributed by atoms with Crippen molar-refractivity contribution in [1.82, 2.24) is 10.4 Å². The summed E-state index contributed by atoms with van der Waals surface area (Å²) in [6, 6.07) is 7.77. The molecule has 1 atom stereocenters. The van der Waals surface area contributed by atoms with Gasteiger partial charge in [0.25, 0.3) is 0 Å². The molecular formula is C13H12BrClFN3. The predicted molar refractivity (Wildman–Crippen MR) is 77.1 cm³/mol. The molecule has 0 saturated carbocycles. The summed E-state index contributed by atoms with van der Waals surface area (Å²) < 4.78 is 14.1. The van der Waals surface area contributed by atoms with Crippen LogP contribution in [0.5, 0.6) is 0 Å². The lowest BCUT2D eigenvalue weighted by Gasteiger charge is -2.16. The Balaban J connectivity index is 2.23. The van der Waals surface area contributed by atoms with Crippen LogP contribution in [0.1, 0.15) is 17.3 Å². The SMILES string of the molecule is NNC(Cc1cc(F)ccc1Cl)c1ccc(Br)cn1. The Morgan fingerprint density at radius 3 is 2.79 bits per heavy atom. The van der Waals surface area contributed by atoms with Gasteiger partial charge in [0.05, 0.1) is 11.7 Å². The number of hydrogen-bond donors (Lipinski definition) is 2. The zero-order chi connectivity index (χ0) is 13.8. The second kappa shape index (κ2) is 6.43. The van der Waals surface area contributed by atoms with Crippen molar-refractivity contribution in [1.29, 1.82) is 0 Å². The van der Waals surface area contributed by atoms with Crippen LogP contribution in [0.2, 0.25) is 5.02 Å². The van der Waals surface area contributed by atoms with Gasteiger partial charge in [0, 0.05) is 15.7 Å². The van der Waals surface area contributed by atoms with Gasteiger partial charge >= 0.3 is 0 Å². The van der Waals surface area contributed by atoms with Crippen molar-refractivity contribution >= 4 is 27.5 Å². The van der Waals surface area contributed by atoms with E-state index in [1.54, 1.807) is 6.20 Å². The Morgan fingerprint density at radius 1 is 1.37 bits per heavy atom. The van der Waals surface area contributed by atoms with E-state index in [0.29, 0.717) is 17.0 Å². The van der Waals surface area contributed by atoms with Crippen LogP contribution in [-0.2, 0) is 6.42 Å². The highest BCUT2D eigenvalue weighted by atomic mass is 79.9. The first kappa shape index (κ1) is 14.4. The number of nitrogens with one attached hydrogen (secondary N) is 1. The maximum atomic E-state index is 13.2. The zero-order valence-electron chi connectivity index (χ0n) is 9.91. The minimum Gasteiger partial charge on any atom is -0.271 e. The fourth-order valence-corrected chi connectivity index (χ4v) is 2.19. The van der Waals surface area contributed by atoms with E-state index >= 15 is 0 Å². The number of rotatable bonds is 4. The summed E-state index contributed by atoms with van der Waals surface area (Å²) in [5.41, 5.74) is 4.13. The minimum atomic E-state index is -0.320. The summed E-state index contributed by atoms with van der Waals surface area (Å²) in [5.74, 6) is 5.22. The first-order valence-electron chi connectivity index (χ1n) is 5.61. The molecule has 0 fully saturated rings. The number of nitrogens with two attached hydrogens (primary N) is 1. The van der Waals surface area contributed by atoms with Crippen LogP contribution in [0.3, 0.4) is 0 Å². The molecule has 3 nitrogen and oxygen atoms in total. The van der Waals surface area contributed by atoms with E-state index in [2.05, 4.69) is 26.3 Å². The molecule has 0 saturated heterocycles. The topological polar surface area (TPSA) is 50.9 Å². The van der Waals surface area contributed by atoms with E-state index in [0.717, 1.165) is 10.2 Å². The van der Waals surface area contributed by atoms with Gasteiger partial charge in [0.2, 0.25) is 0 Å². The van der Waals surface area contributed by atoms with E-state index in [4.69, 9.17) is 17.4 Å². The Morgan fingerprint density at radius 2 is 2.16 bits per heavy atom. The highest BCUT2D eigenvalue weighted by molar-refractivity contribution is 9.10. The minimum absolute atomic E-state index is 0.229. The van der Waals surface area contributed by atoms with E-state index in [1.165, 1.54) is 18.2 Å². The van der Waals surface area contributed by atoms with Crippen molar-refractivity contribution in [3.05, 3.63) is 63.1 Å². The number of halogens is 3. The Bertz CT molecular complexity index is 562. The third-order valence-electron chi connectivity index (χ3n) is 2.74. The molecule has 0 radical (unpaired) electrons. The quantitative estimate of drug-likeness (QED) is 0.660. The fourth-order valence-electron chi connectivity index (χ4n) is 1.76. The molecule has 1 unspecified atom stereocenters. The molecule has 3 N–H and O–H groups in total. The van der Waals surface area contributed by atoms with Crippen molar-refractivity contribution in [2.75, 3.05) is 0 Å². The molecule has 1 aromatic heterocycles. The zero-order valence-corrected chi connectivity index (χ0v) is 12.2. The fraction of sp³-hybridized carbons (Fsp3) is 0.154. The molecule has 100 valence electrons. The molecular weight excluding hydrogens is 333 g/mol. The van der Waals surface area contributed by atoms with Crippen LogP contribution in [-0.4, -0.2) is 4.98 Å².